The van der Waals surface area contributed by atoms with E-state index in [1.807, 2.05) is 0 Å². The highest BCUT2D eigenvalue weighted by atomic mass is 31.0. The summed E-state index contributed by atoms with van der Waals surface area (Å²) in [6.45, 7) is 2.29. The van der Waals surface area contributed by atoms with Crippen LogP contribution in [0.1, 0.15) is 129 Å². The van der Waals surface area contributed by atoms with E-state index in [9.17, 15) is 0 Å². The van der Waals surface area contributed by atoms with Crippen molar-refractivity contribution >= 4 is 9.24 Å². The maximum absolute atomic E-state index is 3.90. The quantitative estimate of drug-likeness (QED) is 0.133. The van der Waals surface area contributed by atoms with Gasteiger partial charge in [-0.25, -0.2) is 0 Å². The molecule has 0 aromatic carbocycles. The molecule has 0 amide bonds. The Morgan fingerprint density at radius 2 is 0.783 bits per heavy atom. The van der Waals surface area contributed by atoms with Gasteiger partial charge in [0.25, 0.3) is 0 Å². The van der Waals surface area contributed by atoms with Crippen LogP contribution in [0.15, 0.2) is 0 Å². The molecule has 0 fully saturated rings. The summed E-state index contributed by atoms with van der Waals surface area (Å²) in [5.41, 5.74) is 2.67. The van der Waals surface area contributed by atoms with Crippen LogP contribution in [0.2, 0.25) is 0 Å². The van der Waals surface area contributed by atoms with Crippen LogP contribution in [0.4, 0.5) is 0 Å². The van der Waals surface area contributed by atoms with Crippen LogP contribution in [0.5, 0.6) is 0 Å². The second-order valence-electron chi connectivity index (χ2n) is 7.05. The monoisotopic (exact) mass is 336 g/mol. The normalized spacial score (nSPS) is 10.5. The lowest BCUT2D eigenvalue weighted by molar-refractivity contribution is 0.525. The third-order valence-corrected chi connectivity index (χ3v) is 4.89. The van der Waals surface area contributed by atoms with Crippen LogP contribution < -0.4 is 0 Å². The van der Waals surface area contributed by atoms with Gasteiger partial charge < -0.3 is 0 Å². The van der Waals surface area contributed by atoms with Gasteiger partial charge in [0.1, 0.15) is 0 Å². The van der Waals surface area contributed by atoms with Gasteiger partial charge in [-0.1, -0.05) is 128 Å². The Bertz CT molecular complexity index is 261. The largest absolute Gasteiger partial charge is 0.0979 e. The van der Waals surface area contributed by atoms with Gasteiger partial charge in [0.15, 0.2) is 0 Å². The van der Waals surface area contributed by atoms with E-state index < -0.39 is 0 Å². The molecule has 0 N–H and O–H groups in total. The Morgan fingerprint density at radius 3 is 1.09 bits per heavy atom. The summed E-state index contributed by atoms with van der Waals surface area (Å²) in [5.74, 6) is 3.02. The van der Waals surface area contributed by atoms with Crippen LogP contribution in [0.3, 0.4) is 0 Å². The molecule has 2 radical (unpaired) electrons. The Hall–Kier alpha value is -0.0100. The second kappa shape index (κ2) is 22.0. The molecule has 0 nitrogen and oxygen atoms in total. The lowest BCUT2D eigenvalue weighted by atomic mass is 10.0. The van der Waals surface area contributed by atoms with Crippen molar-refractivity contribution in [2.24, 2.45) is 0 Å². The maximum Gasteiger partial charge on any atom is 0.0586 e. The lowest BCUT2D eigenvalue weighted by Gasteiger charge is -2.03. The molecule has 0 aromatic rings. The van der Waals surface area contributed by atoms with Gasteiger partial charge >= 0.3 is 0 Å². The summed E-state index contributed by atoms with van der Waals surface area (Å²) in [6, 6.07) is 0. The smallest absolute Gasteiger partial charge is 0.0586 e. The topological polar surface area (TPSA) is 0 Å². The first-order valence-corrected chi connectivity index (χ1v) is 11.0. The molecule has 0 aromatic heterocycles. The average Bonchev–Trinajstić information content (AvgIpc) is 2.57. The fourth-order valence-electron chi connectivity index (χ4n) is 3.17. The third kappa shape index (κ3) is 22.0. The molecule has 0 aliphatic rings. The zero-order chi connectivity index (χ0) is 16.8. The molecular formula is C22H41P. The Labute approximate surface area is 150 Å². The molecular weight excluding hydrogens is 295 g/mol. The van der Waals surface area contributed by atoms with E-state index in [2.05, 4.69) is 27.7 Å². The molecule has 0 rings (SSSR count). The van der Waals surface area contributed by atoms with Gasteiger partial charge in [0.05, 0.1) is 9.24 Å². The highest BCUT2D eigenvalue weighted by Gasteiger charge is 1.94. The number of rotatable bonds is 18. The van der Waals surface area contributed by atoms with Crippen molar-refractivity contribution in [2.75, 3.05) is 0 Å². The predicted octanol–water partition coefficient (Wildman–Crippen LogP) is 8.79. The SMILES string of the molecule is CCCCCCCCCCCCCCCCCCCCC#C[P]. The molecule has 0 heterocycles. The van der Waals surface area contributed by atoms with Crippen LogP contribution in [-0.2, 0) is 0 Å². The van der Waals surface area contributed by atoms with Crippen molar-refractivity contribution in [1.29, 1.82) is 0 Å². The summed E-state index contributed by atoms with van der Waals surface area (Å²) in [5, 5.41) is 0. The van der Waals surface area contributed by atoms with E-state index in [1.54, 1.807) is 0 Å². The van der Waals surface area contributed by atoms with E-state index in [-0.39, 0.29) is 0 Å². The zero-order valence-electron chi connectivity index (χ0n) is 15.9. The van der Waals surface area contributed by atoms with E-state index in [1.165, 1.54) is 116 Å². The molecule has 0 bridgehead atoms. The van der Waals surface area contributed by atoms with Crippen LogP contribution in [0.25, 0.3) is 0 Å². The number of hydrogen-bond donors (Lipinski definition) is 0. The molecule has 134 valence electrons. The van der Waals surface area contributed by atoms with Crippen LogP contribution in [-0.4, -0.2) is 0 Å². The lowest BCUT2D eigenvalue weighted by Crippen LogP contribution is -1.84. The van der Waals surface area contributed by atoms with Crippen molar-refractivity contribution in [3.05, 3.63) is 0 Å². The standard InChI is InChI=1S/C22H41P/c1-2-3-4-5-6-7-8-9-10-11-12-13-14-15-16-17-18-19-20-21-22-23/h2-20H2,1H3. The summed E-state index contributed by atoms with van der Waals surface area (Å²) in [6.07, 6.45) is 26.8. The summed E-state index contributed by atoms with van der Waals surface area (Å²) < 4.78 is 0. The Kier molecular flexibility index (Phi) is 22.0. The minimum Gasteiger partial charge on any atom is -0.0979 e. The molecule has 0 unspecified atom stereocenters. The van der Waals surface area contributed by atoms with Gasteiger partial charge in [0, 0.05) is 6.42 Å². The predicted molar refractivity (Wildman–Crippen MR) is 108 cm³/mol. The molecule has 0 saturated carbocycles. The summed E-state index contributed by atoms with van der Waals surface area (Å²) >= 11 is 0. The maximum atomic E-state index is 3.90. The van der Waals surface area contributed by atoms with Crippen molar-refractivity contribution < 1.29 is 0 Å². The van der Waals surface area contributed by atoms with E-state index in [0.29, 0.717) is 0 Å². The number of unbranched alkanes of at least 4 members (excludes halogenated alkanes) is 18. The van der Waals surface area contributed by atoms with Crippen molar-refractivity contribution in [3.63, 3.8) is 0 Å². The first kappa shape index (κ1) is 23.0. The Balaban J connectivity index is 2.95. The fourth-order valence-corrected chi connectivity index (χ4v) is 3.28. The molecule has 0 aliphatic heterocycles. The van der Waals surface area contributed by atoms with Crippen molar-refractivity contribution in [1.82, 2.24) is 0 Å². The Morgan fingerprint density at radius 1 is 0.478 bits per heavy atom. The minimum atomic E-state index is 1.03. The first-order chi connectivity index (χ1) is 11.4. The minimum absolute atomic E-state index is 1.03. The molecule has 1 heteroatoms. The molecule has 23 heavy (non-hydrogen) atoms. The highest BCUT2D eigenvalue weighted by Crippen LogP contribution is 2.14. The second-order valence-corrected chi connectivity index (χ2v) is 7.27. The molecule has 0 aliphatic carbocycles. The van der Waals surface area contributed by atoms with Gasteiger partial charge in [0.2, 0.25) is 0 Å². The van der Waals surface area contributed by atoms with Crippen LogP contribution in [0, 0.1) is 11.6 Å². The first-order valence-electron chi connectivity index (χ1n) is 10.5. The van der Waals surface area contributed by atoms with Gasteiger partial charge in [-0.3, -0.25) is 0 Å². The third-order valence-electron chi connectivity index (χ3n) is 4.73. The van der Waals surface area contributed by atoms with E-state index in [0.717, 1.165) is 6.42 Å². The molecule has 0 atom stereocenters. The zero-order valence-corrected chi connectivity index (χ0v) is 16.8. The highest BCUT2D eigenvalue weighted by molar-refractivity contribution is 7.23. The number of hydrogen-bond acceptors (Lipinski definition) is 0. The van der Waals surface area contributed by atoms with Crippen LogP contribution >= 0.6 is 9.24 Å². The average molecular weight is 337 g/mol. The van der Waals surface area contributed by atoms with Gasteiger partial charge in [-0.05, 0) is 6.42 Å². The van der Waals surface area contributed by atoms with Crippen molar-refractivity contribution in [3.8, 4) is 11.6 Å². The summed E-state index contributed by atoms with van der Waals surface area (Å²) in [7, 11) is 3.90. The fraction of sp³-hybridized carbons (Fsp3) is 0.909. The van der Waals surface area contributed by atoms with Crippen molar-refractivity contribution in [2.45, 2.75) is 129 Å². The summed E-state index contributed by atoms with van der Waals surface area (Å²) in [4.78, 5) is 0. The van der Waals surface area contributed by atoms with Gasteiger partial charge in [-0.2, -0.15) is 0 Å². The van der Waals surface area contributed by atoms with E-state index in [4.69, 9.17) is 0 Å². The van der Waals surface area contributed by atoms with Gasteiger partial charge in [-0.15, -0.1) is 0 Å². The molecule has 0 saturated heterocycles. The molecule has 0 spiro atoms. The van der Waals surface area contributed by atoms with E-state index >= 15 is 0 Å².